The molecule has 0 saturated carbocycles. The molecule has 0 spiro atoms. The number of imidazole rings is 1. The van der Waals surface area contributed by atoms with E-state index in [0.29, 0.717) is 17.0 Å². The first kappa shape index (κ1) is 15.1. The van der Waals surface area contributed by atoms with Crippen LogP contribution in [0.4, 0.5) is 5.69 Å². The van der Waals surface area contributed by atoms with Gasteiger partial charge in [0.1, 0.15) is 17.4 Å². The fraction of sp³-hybridized carbons (Fsp3) is 0.105. The first-order valence-electron chi connectivity index (χ1n) is 7.89. The molecule has 2 heterocycles. The van der Waals surface area contributed by atoms with Crippen LogP contribution in [0.3, 0.4) is 0 Å². The Labute approximate surface area is 143 Å². The van der Waals surface area contributed by atoms with E-state index in [4.69, 9.17) is 5.41 Å². The van der Waals surface area contributed by atoms with E-state index in [9.17, 15) is 9.90 Å². The minimum absolute atomic E-state index is 0.00742. The summed E-state index contributed by atoms with van der Waals surface area (Å²) in [5.41, 5.74) is 3.40. The number of anilines is 1. The number of aromatic nitrogens is 2. The van der Waals surface area contributed by atoms with Crippen LogP contribution in [0.2, 0.25) is 0 Å². The highest BCUT2D eigenvalue weighted by molar-refractivity contribution is 6.30. The number of hydrogen-bond donors (Lipinski definition) is 3. The first-order valence-corrected chi connectivity index (χ1v) is 7.89. The van der Waals surface area contributed by atoms with Crippen LogP contribution in [0.15, 0.2) is 54.3 Å². The lowest BCUT2D eigenvalue weighted by Gasteiger charge is -2.18. The number of aliphatic hydroxyl groups excluding tert-OH is 1. The maximum atomic E-state index is 11.4. The molecule has 1 aliphatic heterocycles. The Hall–Kier alpha value is -3.41. The number of carbonyl (C=O) groups is 1. The molecule has 0 bridgehead atoms. The number of aliphatic hydroxyl groups is 1. The number of nitrogens with one attached hydrogen (secondary N) is 2. The third kappa shape index (κ3) is 2.48. The fourth-order valence-electron chi connectivity index (χ4n) is 3.00. The lowest BCUT2D eigenvalue weighted by atomic mass is 10.1. The minimum Gasteiger partial charge on any atom is -0.509 e. The van der Waals surface area contributed by atoms with Gasteiger partial charge in [-0.2, -0.15) is 0 Å². The molecule has 0 atom stereocenters. The number of nitrogens with zero attached hydrogens (tertiary/aromatic N) is 2. The molecule has 124 valence electrons. The number of para-hydroxylation sites is 2. The molecule has 0 radical (unpaired) electrons. The number of amidine groups is 1. The van der Waals surface area contributed by atoms with Crippen molar-refractivity contribution >= 4 is 33.9 Å². The smallest absolute Gasteiger partial charge is 0.159 e. The number of hydrogen-bond acceptors (Lipinski definition) is 4. The summed E-state index contributed by atoms with van der Waals surface area (Å²) in [7, 11) is 0. The van der Waals surface area contributed by atoms with Gasteiger partial charge in [-0.25, -0.2) is 4.98 Å². The van der Waals surface area contributed by atoms with Crippen molar-refractivity contribution in [2.45, 2.75) is 6.92 Å². The molecular weight excluding hydrogens is 316 g/mol. The number of Topliss-reactive ketones (excluding diaryl/α,β-unsaturated/α-hetero) is 1. The van der Waals surface area contributed by atoms with Gasteiger partial charge in [0.05, 0.1) is 23.2 Å². The summed E-state index contributed by atoms with van der Waals surface area (Å²) in [5, 5.41) is 18.9. The van der Waals surface area contributed by atoms with Crippen molar-refractivity contribution in [3.05, 3.63) is 65.7 Å². The second-order valence-corrected chi connectivity index (χ2v) is 5.96. The van der Waals surface area contributed by atoms with E-state index >= 15 is 0 Å². The van der Waals surface area contributed by atoms with Gasteiger partial charge in [0.2, 0.25) is 0 Å². The second kappa shape index (κ2) is 5.59. The van der Waals surface area contributed by atoms with Gasteiger partial charge in [0.15, 0.2) is 5.78 Å². The molecule has 0 unspecified atom stereocenters. The summed E-state index contributed by atoms with van der Waals surface area (Å²) in [4.78, 5) is 20.7. The number of carbonyl (C=O) groups excluding carboxylic acids is 1. The molecule has 2 aromatic carbocycles. The predicted octanol–water partition coefficient (Wildman–Crippen LogP) is 3.53. The molecule has 0 saturated heterocycles. The highest BCUT2D eigenvalue weighted by Crippen LogP contribution is 2.30. The second-order valence-electron chi connectivity index (χ2n) is 5.96. The Morgan fingerprint density at radius 3 is 2.60 bits per heavy atom. The van der Waals surface area contributed by atoms with Crippen LogP contribution < -0.4 is 4.90 Å². The van der Waals surface area contributed by atoms with Gasteiger partial charge < -0.3 is 15.0 Å². The van der Waals surface area contributed by atoms with Crippen LogP contribution in [0, 0.1) is 5.41 Å². The molecule has 6 heteroatoms. The summed E-state index contributed by atoms with van der Waals surface area (Å²) in [6.07, 6.45) is 0. The molecule has 25 heavy (non-hydrogen) atoms. The number of fused-ring (bicyclic) bond motifs is 1. The number of benzene rings is 2. The molecule has 1 aliphatic rings. The maximum absolute atomic E-state index is 11.4. The molecule has 0 amide bonds. The third-order valence-electron chi connectivity index (χ3n) is 4.31. The SMILES string of the molecule is CC(=O)c1ccc(N2CC(O)=C(c3nc4ccccc4[nH]3)C2=N)cc1. The summed E-state index contributed by atoms with van der Waals surface area (Å²) in [6.45, 7) is 1.71. The van der Waals surface area contributed by atoms with Gasteiger partial charge >= 0.3 is 0 Å². The van der Waals surface area contributed by atoms with Crippen molar-refractivity contribution in [1.82, 2.24) is 9.97 Å². The van der Waals surface area contributed by atoms with Crippen LogP contribution in [-0.2, 0) is 0 Å². The van der Waals surface area contributed by atoms with Crippen LogP contribution >= 0.6 is 0 Å². The van der Waals surface area contributed by atoms with E-state index in [1.165, 1.54) is 6.92 Å². The average Bonchev–Trinajstić information content (AvgIpc) is 3.15. The van der Waals surface area contributed by atoms with Crippen molar-refractivity contribution in [3.8, 4) is 0 Å². The van der Waals surface area contributed by atoms with Crippen LogP contribution in [0.1, 0.15) is 23.1 Å². The Kier molecular flexibility index (Phi) is 3.39. The zero-order chi connectivity index (χ0) is 17.6. The Balaban J connectivity index is 1.68. The minimum atomic E-state index is -0.00742. The van der Waals surface area contributed by atoms with Crippen molar-refractivity contribution < 1.29 is 9.90 Å². The Morgan fingerprint density at radius 2 is 1.92 bits per heavy atom. The van der Waals surface area contributed by atoms with Gasteiger partial charge in [-0.1, -0.05) is 12.1 Å². The topological polar surface area (TPSA) is 93.1 Å². The molecule has 3 N–H and O–H groups in total. The lowest BCUT2D eigenvalue weighted by molar-refractivity contribution is 0.101. The first-order chi connectivity index (χ1) is 12.0. The Bertz CT molecular complexity index is 998. The number of ketones is 1. The van der Waals surface area contributed by atoms with E-state index in [2.05, 4.69) is 9.97 Å². The summed E-state index contributed by atoms with van der Waals surface area (Å²) >= 11 is 0. The highest BCUT2D eigenvalue weighted by atomic mass is 16.3. The highest BCUT2D eigenvalue weighted by Gasteiger charge is 2.31. The summed E-state index contributed by atoms with van der Waals surface area (Å²) in [5.74, 6) is 0.741. The van der Waals surface area contributed by atoms with Gasteiger partial charge in [-0.05, 0) is 43.3 Å². The molecule has 6 nitrogen and oxygen atoms in total. The largest absolute Gasteiger partial charge is 0.509 e. The number of rotatable bonds is 3. The third-order valence-corrected chi connectivity index (χ3v) is 4.31. The quantitative estimate of drug-likeness (QED) is 0.640. The van der Waals surface area contributed by atoms with Crippen molar-refractivity contribution in [1.29, 1.82) is 5.41 Å². The zero-order valence-corrected chi connectivity index (χ0v) is 13.6. The molecule has 4 rings (SSSR count). The molecular formula is C19H16N4O2. The number of aromatic amines is 1. The predicted molar refractivity (Wildman–Crippen MR) is 97.2 cm³/mol. The van der Waals surface area contributed by atoms with Crippen LogP contribution in [-0.4, -0.2) is 33.2 Å². The molecule has 1 aromatic heterocycles. The zero-order valence-electron chi connectivity index (χ0n) is 13.6. The standard InChI is InChI=1S/C19H16N4O2/c1-11(24)12-6-8-13(9-7-12)23-10-16(25)17(18(23)20)19-21-14-4-2-3-5-15(14)22-19/h2-9,20,25H,10H2,1H3,(H,21,22). The maximum Gasteiger partial charge on any atom is 0.159 e. The van der Waals surface area contributed by atoms with Gasteiger partial charge in [0, 0.05) is 11.3 Å². The van der Waals surface area contributed by atoms with Gasteiger partial charge in [0.25, 0.3) is 0 Å². The van der Waals surface area contributed by atoms with E-state index in [-0.39, 0.29) is 23.9 Å². The summed E-state index contributed by atoms with van der Waals surface area (Å²) < 4.78 is 0. The van der Waals surface area contributed by atoms with Crippen molar-refractivity contribution in [3.63, 3.8) is 0 Å². The fourth-order valence-corrected chi connectivity index (χ4v) is 3.00. The average molecular weight is 332 g/mol. The van der Waals surface area contributed by atoms with Crippen molar-refractivity contribution in [2.75, 3.05) is 11.4 Å². The monoisotopic (exact) mass is 332 g/mol. The van der Waals surface area contributed by atoms with Crippen LogP contribution in [0.5, 0.6) is 0 Å². The van der Waals surface area contributed by atoms with Gasteiger partial charge in [-0.15, -0.1) is 0 Å². The van der Waals surface area contributed by atoms with Crippen LogP contribution in [0.25, 0.3) is 16.6 Å². The van der Waals surface area contributed by atoms with Crippen molar-refractivity contribution in [2.24, 2.45) is 0 Å². The van der Waals surface area contributed by atoms with E-state index in [1.54, 1.807) is 29.2 Å². The Morgan fingerprint density at radius 1 is 1.20 bits per heavy atom. The molecule has 0 fully saturated rings. The number of H-pyrrole nitrogens is 1. The lowest BCUT2D eigenvalue weighted by Crippen LogP contribution is -2.26. The normalized spacial score (nSPS) is 14.6. The van der Waals surface area contributed by atoms with Gasteiger partial charge in [-0.3, -0.25) is 10.2 Å². The van der Waals surface area contributed by atoms with E-state index in [1.807, 2.05) is 24.3 Å². The van der Waals surface area contributed by atoms with E-state index < -0.39 is 0 Å². The molecule has 0 aliphatic carbocycles. The summed E-state index contributed by atoms with van der Waals surface area (Å²) in [6, 6.07) is 14.6. The van der Waals surface area contributed by atoms with E-state index in [0.717, 1.165) is 16.7 Å². The molecule has 3 aromatic rings.